The van der Waals surface area contributed by atoms with Crippen LogP contribution in [0.15, 0.2) is 78.9 Å². The van der Waals surface area contributed by atoms with Crippen LogP contribution >= 0.6 is 0 Å². The Morgan fingerprint density at radius 1 is 0.769 bits per heavy atom. The average Bonchev–Trinajstić information content (AvgIpc) is 2.69. The molecule has 0 spiro atoms. The Balaban J connectivity index is 1.89. The summed E-state index contributed by atoms with van der Waals surface area (Å²) < 4.78 is 12.1. The lowest BCUT2D eigenvalue weighted by Crippen LogP contribution is -2.10. The van der Waals surface area contributed by atoms with Crippen LogP contribution in [0.4, 0.5) is 0 Å². The first kappa shape index (κ1) is 18.0. The minimum absolute atomic E-state index is 0.00107. The van der Waals surface area contributed by atoms with Crippen molar-refractivity contribution in [1.82, 2.24) is 0 Å². The summed E-state index contributed by atoms with van der Waals surface area (Å²) in [5.41, 5.74) is 7.41. The van der Waals surface area contributed by atoms with Gasteiger partial charge in [0.15, 0.2) is 11.5 Å². The summed E-state index contributed by atoms with van der Waals surface area (Å²) in [6.07, 6.45) is 3.20. The molecular formula is C23H25NO2. The summed E-state index contributed by atoms with van der Waals surface area (Å²) in [5, 5.41) is 0. The van der Waals surface area contributed by atoms with Crippen molar-refractivity contribution < 1.29 is 9.47 Å². The number of nitrogens with two attached hydrogens (primary N) is 1. The smallest absolute Gasteiger partial charge is 0.170 e. The molecule has 0 saturated carbocycles. The Morgan fingerprint density at radius 2 is 1.35 bits per heavy atom. The Hall–Kier alpha value is -2.78. The number of hydrogen-bond acceptors (Lipinski definition) is 3. The quantitative estimate of drug-likeness (QED) is 0.508. The van der Waals surface area contributed by atoms with Crippen LogP contribution in [0.5, 0.6) is 23.0 Å². The van der Waals surface area contributed by atoms with Crippen molar-refractivity contribution in [2.24, 2.45) is 5.73 Å². The van der Waals surface area contributed by atoms with Gasteiger partial charge < -0.3 is 15.2 Å². The number of rotatable bonds is 8. The van der Waals surface area contributed by atoms with Gasteiger partial charge in [-0.3, -0.25) is 0 Å². The van der Waals surface area contributed by atoms with Gasteiger partial charge in [-0.15, -0.1) is 0 Å². The third kappa shape index (κ3) is 4.87. The maximum atomic E-state index is 6.35. The summed E-state index contributed by atoms with van der Waals surface area (Å²) in [6.45, 7) is 2.17. The van der Waals surface area contributed by atoms with E-state index in [1.54, 1.807) is 0 Å². The molecule has 0 aliphatic rings. The molecule has 3 aromatic rings. The lowest BCUT2D eigenvalue weighted by molar-refractivity contribution is 0.417. The molecule has 0 radical (unpaired) electrons. The summed E-state index contributed by atoms with van der Waals surface area (Å²) in [5.74, 6) is 2.88. The van der Waals surface area contributed by atoms with Gasteiger partial charge in [0.05, 0.1) is 0 Å². The molecule has 1 atom stereocenters. The third-order valence-corrected chi connectivity index (χ3v) is 4.21. The molecule has 0 aliphatic carbocycles. The van der Waals surface area contributed by atoms with Crippen LogP contribution in [0.3, 0.4) is 0 Å². The predicted molar refractivity (Wildman–Crippen MR) is 106 cm³/mol. The molecule has 0 heterocycles. The first-order chi connectivity index (χ1) is 12.8. The lowest BCUT2D eigenvalue weighted by atomic mass is 10.0. The van der Waals surface area contributed by atoms with Crippen molar-refractivity contribution in [3.63, 3.8) is 0 Å². The van der Waals surface area contributed by atoms with Crippen LogP contribution < -0.4 is 15.2 Å². The third-order valence-electron chi connectivity index (χ3n) is 4.21. The van der Waals surface area contributed by atoms with E-state index in [-0.39, 0.29) is 6.04 Å². The molecule has 134 valence electrons. The van der Waals surface area contributed by atoms with Gasteiger partial charge in [0, 0.05) is 6.04 Å². The van der Waals surface area contributed by atoms with Crippen LogP contribution in [-0.4, -0.2) is 0 Å². The number of hydrogen-bond donors (Lipinski definition) is 1. The van der Waals surface area contributed by atoms with E-state index in [0.717, 1.165) is 36.3 Å². The highest BCUT2D eigenvalue weighted by Gasteiger charge is 2.13. The number of para-hydroxylation sites is 2. The highest BCUT2D eigenvalue weighted by Crippen LogP contribution is 2.37. The van der Waals surface area contributed by atoms with Gasteiger partial charge in [0.1, 0.15) is 11.5 Å². The van der Waals surface area contributed by atoms with Gasteiger partial charge in [-0.2, -0.15) is 0 Å². The molecule has 0 amide bonds. The fourth-order valence-electron chi connectivity index (χ4n) is 2.74. The van der Waals surface area contributed by atoms with Gasteiger partial charge in [-0.1, -0.05) is 62.2 Å². The molecule has 0 fully saturated rings. The Kier molecular flexibility index (Phi) is 6.29. The van der Waals surface area contributed by atoms with E-state index in [1.165, 1.54) is 0 Å². The normalized spacial score (nSPS) is 11.8. The van der Waals surface area contributed by atoms with Crippen LogP contribution in [0.1, 0.15) is 37.8 Å². The molecule has 0 unspecified atom stereocenters. The summed E-state index contributed by atoms with van der Waals surface area (Å²) in [7, 11) is 0. The average molecular weight is 347 g/mol. The van der Waals surface area contributed by atoms with Crippen molar-refractivity contribution in [2.45, 2.75) is 32.2 Å². The molecule has 0 aromatic heterocycles. The van der Waals surface area contributed by atoms with E-state index in [2.05, 4.69) is 6.92 Å². The van der Waals surface area contributed by atoms with Gasteiger partial charge in [-0.25, -0.2) is 0 Å². The number of benzene rings is 3. The Morgan fingerprint density at radius 3 is 1.92 bits per heavy atom. The molecule has 0 saturated heterocycles. The van der Waals surface area contributed by atoms with Gasteiger partial charge in [-0.05, 0) is 48.4 Å². The van der Waals surface area contributed by atoms with Crippen molar-refractivity contribution in [1.29, 1.82) is 0 Å². The molecule has 0 aliphatic heterocycles. The van der Waals surface area contributed by atoms with Gasteiger partial charge >= 0.3 is 0 Å². The van der Waals surface area contributed by atoms with Crippen LogP contribution in [-0.2, 0) is 0 Å². The molecule has 3 rings (SSSR count). The highest BCUT2D eigenvalue weighted by atomic mass is 16.5. The second kappa shape index (κ2) is 9.07. The Labute approximate surface area is 155 Å². The van der Waals surface area contributed by atoms with E-state index in [9.17, 15) is 0 Å². The largest absolute Gasteiger partial charge is 0.453 e. The van der Waals surface area contributed by atoms with Gasteiger partial charge in [0.2, 0.25) is 0 Å². The second-order valence-corrected chi connectivity index (χ2v) is 6.29. The fraction of sp³-hybridized carbons (Fsp3) is 0.217. The summed E-state index contributed by atoms with van der Waals surface area (Å²) in [6, 6.07) is 25.4. The van der Waals surface area contributed by atoms with Gasteiger partial charge in [0.25, 0.3) is 0 Å². The van der Waals surface area contributed by atoms with Crippen LogP contribution in [0.25, 0.3) is 0 Å². The van der Waals surface area contributed by atoms with E-state index >= 15 is 0 Å². The maximum Gasteiger partial charge on any atom is 0.170 e. The van der Waals surface area contributed by atoms with E-state index < -0.39 is 0 Å². The van der Waals surface area contributed by atoms with Crippen molar-refractivity contribution in [2.75, 3.05) is 0 Å². The summed E-state index contributed by atoms with van der Waals surface area (Å²) in [4.78, 5) is 0. The van der Waals surface area contributed by atoms with E-state index in [1.807, 2.05) is 78.9 Å². The monoisotopic (exact) mass is 347 g/mol. The number of ether oxygens (including phenoxy) is 2. The van der Waals surface area contributed by atoms with E-state index in [4.69, 9.17) is 15.2 Å². The first-order valence-corrected chi connectivity index (χ1v) is 9.11. The minimum Gasteiger partial charge on any atom is -0.453 e. The maximum absolute atomic E-state index is 6.35. The van der Waals surface area contributed by atoms with Crippen molar-refractivity contribution in [3.8, 4) is 23.0 Å². The molecule has 26 heavy (non-hydrogen) atoms. The molecule has 3 aromatic carbocycles. The molecule has 3 heteroatoms. The zero-order chi connectivity index (χ0) is 18.2. The van der Waals surface area contributed by atoms with Crippen molar-refractivity contribution in [3.05, 3.63) is 84.4 Å². The molecular weight excluding hydrogens is 322 g/mol. The number of unbranched alkanes of at least 4 members (excludes halogenated alkanes) is 1. The zero-order valence-electron chi connectivity index (χ0n) is 15.1. The standard InChI is InChI=1S/C23H25NO2/c1-2-3-14-21(24)18-15-16-22(25-19-10-6-4-7-11-19)23(17-18)26-20-12-8-5-9-13-20/h4-13,15-17,21H,2-3,14,24H2,1H3/t21-/m1/s1. The molecule has 2 N–H and O–H groups in total. The van der Waals surface area contributed by atoms with Crippen molar-refractivity contribution >= 4 is 0 Å². The van der Waals surface area contributed by atoms with Crippen LogP contribution in [0.2, 0.25) is 0 Å². The lowest BCUT2D eigenvalue weighted by Gasteiger charge is -2.17. The predicted octanol–water partition coefficient (Wildman–Crippen LogP) is 6.46. The summed E-state index contributed by atoms with van der Waals surface area (Å²) >= 11 is 0. The van der Waals surface area contributed by atoms with Crippen LogP contribution in [0, 0.1) is 0 Å². The topological polar surface area (TPSA) is 44.5 Å². The zero-order valence-corrected chi connectivity index (χ0v) is 15.1. The van der Waals surface area contributed by atoms with E-state index in [0.29, 0.717) is 11.5 Å². The fourth-order valence-corrected chi connectivity index (χ4v) is 2.74. The molecule has 0 bridgehead atoms. The minimum atomic E-state index is -0.00107. The second-order valence-electron chi connectivity index (χ2n) is 6.29. The SMILES string of the molecule is CCCC[C@@H](N)c1ccc(Oc2ccccc2)c(Oc2ccccc2)c1. The highest BCUT2D eigenvalue weighted by molar-refractivity contribution is 5.48. The molecule has 3 nitrogen and oxygen atoms in total. The first-order valence-electron chi connectivity index (χ1n) is 9.11. The Bertz CT molecular complexity index is 803.